The summed E-state index contributed by atoms with van der Waals surface area (Å²) >= 11 is 2.05. The Hall–Kier alpha value is -1.18. The molecule has 0 radical (unpaired) electrons. The summed E-state index contributed by atoms with van der Waals surface area (Å²) in [5, 5.41) is 7.01. The molecule has 0 saturated heterocycles. The lowest BCUT2D eigenvalue weighted by Gasteiger charge is -2.00. The first-order valence-corrected chi connectivity index (χ1v) is 5.16. The molecule has 15 heavy (non-hydrogen) atoms. The molecule has 0 unspecified atom stereocenters. The third kappa shape index (κ3) is 3.46. The van der Waals surface area contributed by atoms with Crippen LogP contribution >= 0.6 is 22.6 Å². The molecule has 4 nitrogen and oxygen atoms in total. The van der Waals surface area contributed by atoms with Crippen molar-refractivity contribution in [3.63, 3.8) is 0 Å². The average Bonchev–Trinajstić information content (AvgIpc) is 2.13. The molecule has 0 atom stereocenters. The van der Waals surface area contributed by atoms with E-state index in [2.05, 4.69) is 32.8 Å². The van der Waals surface area contributed by atoms with Gasteiger partial charge in [-0.2, -0.15) is 5.10 Å². The van der Waals surface area contributed by atoms with Gasteiger partial charge in [0.25, 0.3) is 0 Å². The van der Waals surface area contributed by atoms with Crippen LogP contribution in [0.4, 0.5) is 4.39 Å². The van der Waals surface area contributed by atoms with Crippen LogP contribution in [0.3, 0.4) is 0 Å². The predicted molar refractivity (Wildman–Crippen MR) is 67.3 cm³/mol. The molecule has 0 bridgehead atoms. The highest BCUT2D eigenvalue weighted by Crippen LogP contribution is 2.16. The molecule has 80 valence electrons. The number of hydrogen-bond donors (Lipinski definition) is 2. The fourth-order valence-electron chi connectivity index (χ4n) is 0.902. The maximum atomic E-state index is 13.3. The molecule has 1 rings (SSSR count). The highest BCUT2D eigenvalue weighted by molar-refractivity contribution is 14.1. The summed E-state index contributed by atoms with van der Waals surface area (Å²) in [6.45, 7) is 1.72. The average molecular weight is 320 g/mol. The van der Waals surface area contributed by atoms with Gasteiger partial charge in [0.05, 0.1) is 6.21 Å². The fraction of sp³-hybridized carbons (Fsp3) is 0.111. The van der Waals surface area contributed by atoms with Crippen LogP contribution in [0.25, 0.3) is 0 Å². The summed E-state index contributed by atoms with van der Waals surface area (Å²) in [7, 11) is 0. The minimum Gasteiger partial charge on any atom is -0.369 e. The van der Waals surface area contributed by atoms with Gasteiger partial charge in [-0.15, -0.1) is 5.10 Å². The van der Waals surface area contributed by atoms with E-state index in [4.69, 9.17) is 11.5 Å². The van der Waals surface area contributed by atoms with Gasteiger partial charge < -0.3 is 11.5 Å². The Morgan fingerprint density at radius 2 is 2.13 bits per heavy atom. The van der Waals surface area contributed by atoms with Crippen molar-refractivity contribution >= 4 is 34.8 Å². The summed E-state index contributed by atoms with van der Waals surface area (Å²) in [5.41, 5.74) is 11.4. The van der Waals surface area contributed by atoms with E-state index in [0.717, 1.165) is 3.57 Å². The molecule has 0 amide bonds. The van der Waals surface area contributed by atoms with Crippen LogP contribution < -0.4 is 11.5 Å². The predicted octanol–water partition coefficient (Wildman–Crippen LogP) is 1.35. The van der Waals surface area contributed by atoms with E-state index in [-0.39, 0.29) is 11.8 Å². The Labute approximate surface area is 100 Å². The van der Waals surface area contributed by atoms with Crippen molar-refractivity contribution in [2.24, 2.45) is 21.7 Å². The Bertz CT molecular complexity index is 401. The van der Waals surface area contributed by atoms with E-state index in [9.17, 15) is 4.39 Å². The van der Waals surface area contributed by atoms with Gasteiger partial charge in [-0.3, -0.25) is 0 Å². The molecule has 0 heterocycles. The Morgan fingerprint density at radius 1 is 1.47 bits per heavy atom. The van der Waals surface area contributed by atoms with E-state index >= 15 is 0 Å². The monoisotopic (exact) mass is 320 g/mol. The smallest absolute Gasteiger partial charge is 0.211 e. The number of rotatable bonds is 2. The van der Waals surface area contributed by atoms with Crippen molar-refractivity contribution in [3.8, 4) is 0 Å². The standard InChI is InChI=1S/C9H10FIN4/c1-5-7(10)2-6(3-8(5)11)4-14-15-9(12)13/h2-4H,1H3,(H4,12,13,15). The molecule has 0 spiro atoms. The topological polar surface area (TPSA) is 76.8 Å². The second-order valence-corrected chi connectivity index (χ2v) is 4.04. The van der Waals surface area contributed by atoms with Crippen molar-refractivity contribution in [3.05, 3.63) is 32.6 Å². The Balaban J connectivity index is 2.98. The van der Waals surface area contributed by atoms with Crippen LogP contribution in [0.2, 0.25) is 0 Å². The van der Waals surface area contributed by atoms with Crippen LogP contribution in [-0.4, -0.2) is 12.2 Å². The van der Waals surface area contributed by atoms with Crippen LogP contribution in [0.15, 0.2) is 22.3 Å². The van der Waals surface area contributed by atoms with Gasteiger partial charge in [-0.05, 0) is 52.8 Å². The fourth-order valence-corrected chi connectivity index (χ4v) is 1.52. The van der Waals surface area contributed by atoms with Crippen molar-refractivity contribution < 1.29 is 4.39 Å². The van der Waals surface area contributed by atoms with Crippen molar-refractivity contribution in [1.29, 1.82) is 0 Å². The SMILES string of the molecule is Cc1c(F)cc(C=NN=C(N)N)cc1I. The Kier molecular flexibility index (Phi) is 4.01. The number of benzene rings is 1. The summed E-state index contributed by atoms with van der Waals surface area (Å²) in [4.78, 5) is 0. The molecule has 4 N–H and O–H groups in total. The minimum absolute atomic E-state index is 0.131. The van der Waals surface area contributed by atoms with E-state index in [1.54, 1.807) is 13.0 Å². The largest absolute Gasteiger partial charge is 0.369 e. The van der Waals surface area contributed by atoms with E-state index < -0.39 is 0 Å². The number of halogens is 2. The number of guanidine groups is 1. The lowest BCUT2D eigenvalue weighted by atomic mass is 10.1. The molecule has 6 heteroatoms. The van der Waals surface area contributed by atoms with Crippen molar-refractivity contribution in [1.82, 2.24) is 0 Å². The molecule has 0 aliphatic heterocycles. The zero-order valence-electron chi connectivity index (χ0n) is 8.04. The summed E-state index contributed by atoms with van der Waals surface area (Å²) in [5.74, 6) is -0.401. The van der Waals surface area contributed by atoms with Crippen LogP contribution in [0, 0.1) is 16.3 Å². The third-order valence-corrected chi connectivity index (χ3v) is 2.80. The highest BCUT2D eigenvalue weighted by atomic mass is 127. The van der Waals surface area contributed by atoms with E-state index in [0.29, 0.717) is 11.1 Å². The highest BCUT2D eigenvalue weighted by Gasteiger charge is 2.03. The number of nitrogens with zero attached hydrogens (tertiary/aromatic N) is 2. The second-order valence-electron chi connectivity index (χ2n) is 2.88. The molecular weight excluding hydrogens is 310 g/mol. The zero-order chi connectivity index (χ0) is 11.4. The molecule has 1 aromatic carbocycles. The lowest BCUT2D eigenvalue weighted by molar-refractivity contribution is 0.617. The van der Waals surface area contributed by atoms with Crippen molar-refractivity contribution in [2.45, 2.75) is 6.92 Å². The molecule has 1 aromatic rings. The van der Waals surface area contributed by atoms with Gasteiger partial charge in [-0.25, -0.2) is 4.39 Å². The van der Waals surface area contributed by atoms with Crippen LogP contribution in [0.5, 0.6) is 0 Å². The van der Waals surface area contributed by atoms with Gasteiger partial charge in [0.15, 0.2) is 0 Å². The summed E-state index contributed by atoms with van der Waals surface area (Å²) in [6.07, 6.45) is 1.39. The maximum absolute atomic E-state index is 13.3. The molecule has 0 fully saturated rings. The van der Waals surface area contributed by atoms with Gasteiger partial charge in [0.1, 0.15) is 5.82 Å². The van der Waals surface area contributed by atoms with Gasteiger partial charge in [0, 0.05) is 3.57 Å². The maximum Gasteiger partial charge on any atom is 0.211 e. The summed E-state index contributed by atoms with van der Waals surface area (Å²) in [6, 6.07) is 3.17. The first-order valence-electron chi connectivity index (χ1n) is 4.08. The van der Waals surface area contributed by atoms with E-state index in [1.165, 1.54) is 12.3 Å². The minimum atomic E-state index is -0.270. The molecule has 0 saturated carbocycles. The number of nitrogens with two attached hydrogens (primary N) is 2. The zero-order valence-corrected chi connectivity index (χ0v) is 10.2. The molecule has 0 aliphatic rings. The quantitative estimate of drug-likeness (QED) is 0.373. The molecule has 0 aromatic heterocycles. The van der Waals surface area contributed by atoms with Gasteiger partial charge in [-0.1, -0.05) is 0 Å². The first kappa shape index (κ1) is 11.9. The van der Waals surface area contributed by atoms with Crippen LogP contribution in [0.1, 0.15) is 11.1 Å². The van der Waals surface area contributed by atoms with Crippen LogP contribution in [-0.2, 0) is 0 Å². The molecule has 0 aliphatic carbocycles. The summed E-state index contributed by atoms with van der Waals surface area (Å²) < 4.78 is 14.1. The Morgan fingerprint density at radius 3 is 2.67 bits per heavy atom. The lowest BCUT2D eigenvalue weighted by Crippen LogP contribution is -2.21. The molecular formula is C9H10FIN4. The van der Waals surface area contributed by atoms with Gasteiger partial charge >= 0.3 is 0 Å². The van der Waals surface area contributed by atoms with Gasteiger partial charge in [0.2, 0.25) is 5.96 Å². The first-order chi connectivity index (χ1) is 7.00. The van der Waals surface area contributed by atoms with E-state index in [1.807, 2.05) is 0 Å². The van der Waals surface area contributed by atoms with Crippen molar-refractivity contribution in [2.75, 3.05) is 0 Å². The number of hydrogen-bond acceptors (Lipinski definition) is 2. The second kappa shape index (κ2) is 5.06. The normalized spacial score (nSPS) is 10.6. The third-order valence-electron chi connectivity index (χ3n) is 1.68.